The van der Waals surface area contributed by atoms with Crippen molar-refractivity contribution in [3.63, 3.8) is 0 Å². The average Bonchev–Trinajstić information content (AvgIpc) is 2.40. The van der Waals surface area contributed by atoms with Gasteiger partial charge in [0.1, 0.15) is 5.69 Å². The first-order valence-corrected chi connectivity index (χ1v) is 5.86. The maximum absolute atomic E-state index is 12.1. The van der Waals surface area contributed by atoms with Crippen molar-refractivity contribution in [2.24, 2.45) is 0 Å². The second kappa shape index (κ2) is 5.39. The second-order valence-corrected chi connectivity index (χ2v) is 3.99. The monoisotopic (exact) mass is 225 g/mol. The summed E-state index contributed by atoms with van der Waals surface area (Å²) in [5.74, 6) is -0.0198. The van der Waals surface area contributed by atoms with Crippen LogP contribution in [0.4, 0.5) is 0 Å². The van der Waals surface area contributed by atoms with Gasteiger partial charge in [0.05, 0.1) is 0 Å². The summed E-state index contributed by atoms with van der Waals surface area (Å²) in [5, 5.41) is 0. The molecule has 0 aliphatic heterocycles. The Morgan fingerprint density at radius 2 is 1.88 bits per heavy atom. The molecule has 1 heterocycles. The van der Waals surface area contributed by atoms with Crippen LogP contribution in [0.3, 0.4) is 0 Å². The van der Waals surface area contributed by atoms with E-state index < -0.39 is 0 Å². The first kappa shape index (κ1) is 11.5. The van der Waals surface area contributed by atoms with E-state index in [1.165, 1.54) is 5.56 Å². The van der Waals surface area contributed by atoms with Gasteiger partial charge in [-0.1, -0.05) is 43.7 Å². The highest BCUT2D eigenvalue weighted by Gasteiger charge is 2.09. The van der Waals surface area contributed by atoms with Crippen LogP contribution >= 0.6 is 0 Å². The molecule has 0 saturated heterocycles. The number of carbonyl (C=O) groups excluding carboxylic acids is 1. The van der Waals surface area contributed by atoms with Crippen LogP contribution in [0.15, 0.2) is 48.7 Å². The lowest BCUT2D eigenvalue weighted by Gasteiger charge is -2.02. The lowest BCUT2D eigenvalue weighted by Crippen LogP contribution is -2.03. The van der Waals surface area contributed by atoms with E-state index in [4.69, 9.17) is 0 Å². The van der Waals surface area contributed by atoms with Gasteiger partial charge in [0.2, 0.25) is 5.78 Å². The summed E-state index contributed by atoms with van der Waals surface area (Å²) in [6, 6.07) is 13.2. The zero-order chi connectivity index (χ0) is 12.1. The van der Waals surface area contributed by atoms with E-state index in [-0.39, 0.29) is 5.78 Å². The number of rotatable bonds is 4. The summed E-state index contributed by atoms with van der Waals surface area (Å²) in [6.45, 7) is 2.15. The maximum atomic E-state index is 12.1. The van der Waals surface area contributed by atoms with Crippen molar-refractivity contribution in [1.82, 2.24) is 4.98 Å². The molecule has 0 N–H and O–H groups in total. The molecular formula is C15H15NO. The van der Waals surface area contributed by atoms with Crippen molar-refractivity contribution in [1.29, 1.82) is 0 Å². The minimum Gasteiger partial charge on any atom is -0.287 e. The third kappa shape index (κ3) is 2.78. The Balaban J connectivity index is 2.20. The lowest BCUT2D eigenvalue weighted by molar-refractivity contribution is 0.103. The molecule has 2 aromatic rings. The molecule has 0 bridgehead atoms. The van der Waals surface area contributed by atoms with Crippen LogP contribution in [-0.2, 0) is 6.42 Å². The van der Waals surface area contributed by atoms with Crippen molar-refractivity contribution in [2.75, 3.05) is 0 Å². The van der Waals surface area contributed by atoms with Crippen LogP contribution in [0.2, 0.25) is 0 Å². The molecule has 17 heavy (non-hydrogen) atoms. The Morgan fingerprint density at radius 1 is 1.12 bits per heavy atom. The predicted molar refractivity (Wildman–Crippen MR) is 68.1 cm³/mol. The van der Waals surface area contributed by atoms with Gasteiger partial charge in [0.15, 0.2) is 0 Å². The Kier molecular flexibility index (Phi) is 3.66. The predicted octanol–water partition coefficient (Wildman–Crippen LogP) is 3.27. The van der Waals surface area contributed by atoms with Gasteiger partial charge in [-0.25, -0.2) is 0 Å². The molecule has 0 atom stereocenters. The summed E-state index contributed by atoms with van der Waals surface area (Å²) >= 11 is 0. The van der Waals surface area contributed by atoms with Crippen LogP contribution in [0.25, 0.3) is 0 Å². The molecule has 0 radical (unpaired) electrons. The van der Waals surface area contributed by atoms with Crippen LogP contribution in [0.1, 0.15) is 35.0 Å². The molecule has 1 aromatic carbocycles. The summed E-state index contributed by atoms with van der Waals surface area (Å²) in [5.41, 5.74) is 2.46. The molecule has 0 amide bonds. The molecule has 0 fully saturated rings. The third-order valence-electron chi connectivity index (χ3n) is 2.65. The number of aryl methyl sites for hydroxylation is 1. The quantitative estimate of drug-likeness (QED) is 0.747. The third-order valence-corrected chi connectivity index (χ3v) is 2.65. The SMILES string of the molecule is CCCc1ccc(C(=O)c2ccccn2)cc1. The van der Waals surface area contributed by atoms with Crippen LogP contribution < -0.4 is 0 Å². The molecule has 0 spiro atoms. The normalized spacial score (nSPS) is 10.2. The largest absolute Gasteiger partial charge is 0.287 e. The van der Waals surface area contributed by atoms with Crippen LogP contribution in [0, 0.1) is 0 Å². The number of hydrogen-bond donors (Lipinski definition) is 0. The van der Waals surface area contributed by atoms with Crippen molar-refractivity contribution in [3.05, 3.63) is 65.5 Å². The molecule has 0 unspecified atom stereocenters. The summed E-state index contributed by atoms with van der Waals surface area (Å²) < 4.78 is 0. The Labute approximate surface area is 101 Å². The molecule has 86 valence electrons. The van der Waals surface area contributed by atoms with Crippen LogP contribution in [0.5, 0.6) is 0 Å². The fourth-order valence-electron chi connectivity index (χ4n) is 1.76. The van der Waals surface area contributed by atoms with E-state index in [9.17, 15) is 4.79 Å². The highest BCUT2D eigenvalue weighted by Crippen LogP contribution is 2.10. The zero-order valence-electron chi connectivity index (χ0n) is 9.89. The number of hydrogen-bond acceptors (Lipinski definition) is 2. The summed E-state index contributed by atoms with van der Waals surface area (Å²) in [7, 11) is 0. The lowest BCUT2D eigenvalue weighted by atomic mass is 10.0. The molecule has 0 saturated carbocycles. The van der Waals surface area contributed by atoms with Crippen molar-refractivity contribution >= 4 is 5.78 Å². The van der Waals surface area contributed by atoms with Gasteiger partial charge in [0.25, 0.3) is 0 Å². The van der Waals surface area contributed by atoms with E-state index in [0.29, 0.717) is 11.3 Å². The van der Waals surface area contributed by atoms with E-state index in [1.54, 1.807) is 18.3 Å². The first-order valence-electron chi connectivity index (χ1n) is 5.86. The highest BCUT2D eigenvalue weighted by atomic mass is 16.1. The maximum Gasteiger partial charge on any atom is 0.211 e. The second-order valence-electron chi connectivity index (χ2n) is 3.99. The number of pyridine rings is 1. The van der Waals surface area contributed by atoms with Crippen LogP contribution in [-0.4, -0.2) is 10.8 Å². The average molecular weight is 225 g/mol. The Morgan fingerprint density at radius 3 is 2.47 bits per heavy atom. The number of aromatic nitrogens is 1. The van der Waals surface area contributed by atoms with Gasteiger partial charge < -0.3 is 0 Å². The molecule has 2 nitrogen and oxygen atoms in total. The topological polar surface area (TPSA) is 30.0 Å². The minimum atomic E-state index is -0.0198. The standard InChI is InChI=1S/C15H15NO/c1-2-5-12-7-9-13(10-8-12)15(17)14-6-3-4-11-16-14/h3-4,6-11H,2,5H2,1H3. The van der Waals surface area contributed by atoms with E-state index in [1.807, 2.05) is 30.3 Å². The van der Waals surface area contributed by atoms with E-state index in [2.05, 4.69) is 11.9 Å². The van der Waals surface area contributed by atoms with E-state index in [0.717, 1.165) is 12.8 Å². The van der Waals surface area contributed by atoms with Gasteiger partial charge in [-0.15, -0.1) is 0 Å². The molecule has 2 rings (SSSR count). The number of nitrogens with zero attached hydrogens (tertiary/aromatic N) is 1. The molecule has 1 aromatic heterocycles. The Hall–Kier alpha value is -1.96. The van der Waals surface area contributed by atoms with Gasteiger partial charge in [-0.05, 0) is 24.1 Å². The smallest absolute Gasteiger partial charge is 0.211 e. The fraction of sp³-hybridized carbons (Fsp3) is 0.200. The van der Waals surface area contributed by atoms with Crippen molar-refractivity contribution in [2.45, 2.75) is 19.8 Å². The number of benzene rings is 1. The van der Waals surface area contributed by atoms with Crippen molar-refractivity contribution in [3.8, 4) is 0 Å². The number of carbonyl (C=O) groups is 1. The summed E-state index contributed by atoms with van der Waals surface area (Å²) in [4.78, 5) is 16.1. The van der Waals surface area contributed by atoms with Gasteiger partial charge >= 0.3 is 0 Å². The highest BCUT2D eigenvalue weighted by molar-refractivity contribution is 6.07. The van der Waals surface area contributed by atoms with Crippen molar-refractivity contribution < 1.29 is 4.79 Å². The molecule has 2 heteroatoms. The molecule has 0 aliphatic rings. The van der Waals surface area contributed by atoms with E-state index >= 15 is 0 Å². The number of ketones is 1. The zero-order valence-corrected chi connectivity index (χ0v) is 9.89. The minimum absolute atomic E-state index is 0.0198. The molecule has 0 aliphatic carbocycles. The first-order chi connectivity index (χ1) is 8.31. The van der Waals surface area contributed by atoms with Gasteiger partial charge in [0, 0.05) is 11.8 Å². The fourth-order valence-corrected chi connectivity index (χ4v) is 1.76. The molecular weight excluding hydrogens is 210 g/mol. The van der Waals surface area contributed by atoms with Gasteiger partial charge in [-0.2, -0.15) is 0 Å². The Bertz CT molecular complexity index is 488. The van der Waals surface area contributed by atoms with Gasteiger partial charge in [-0.3, -0.25) is 9.78 Å². The summed E-state index contributed by atoms with van der Waals surface area (Å²) in [6.07, 6.45) is 3.81.